The summed E-state index contributed by atoms with van der Waals surface area (Å²) in [5.41, 5.74) is 4.25. The minimum absolute atomic E-state index is 0.105. The summed E-state index contributed by atoms with van der Waals surface area (Å²) in [7, 11) is 0. The van der Waals surface area contributed by atoms with Crippen LogP contribution in [0.4, 0.5) is 0 Å². The number of aromatic nitrogens is 4. The van der Waals surface area contributed by atoms with E-state index in [0.717, 1.165) is 20.8 Å². The number of aryl methyl sites for hydroxylation is 2. The molecule has 0 aliphatic carbocycles. The highest BCUT2D eigenvalue weighted by Gasteiger charge is 2.16. The molecule has 0 amide bonds. The molecule has 144 valence electrons. The van der Waals surface area contributed by atoms with E-state index in [9.17, 15) is 4.79 Å². The van der Waals surface area contributed by atoms with Gasteiger partial charge in [-0.15, -0.1) is 22.7 Å². The third-order valence-electron chi connectivity index (χ3n) is 4.89. The number of benzene rings is 1. The van der Waals surface area contributed by atoms with Gasteiger partial charge in [-0.05, 0) is 42.0 Å². The smallest absolute Gasteiger partial charge is 0.268 e. The molecule has 0 spiro atoms. The maximum absolute atomic E-state index is 13.2. The fourth-order valence-corrected chi connectivity index (χ4v) is 4.72. The molecule has 5 rings (SSSR count). The van der Waals surface area contributed by atoms with Crippen molar-refractivity contribution in [2.24, 2.45) is 0 Å². The second-order valence-electron chi connectivity index (χ2n) is 6.80. The van der Waals surface area contributed by atoms with Crippen LogP contribution in [0.15, 0.2) is 56.7 Å². The Hall–Kier alpha value is -3.10. The van der Waals surface area contributed by atoms with Gasteiger partial charge < -0.3 is 4.52 Å². The molecule has 4 heterocycles. The highest BCUT2D eigenvalue weighted by molar-refractivity contribution is 7.17. The Kier molecular flexibility index (Phi) is 4.37. The third-order valence-corrected chi connectivity index (χ3v) is 6.63. The van der Waals surface area contributed by atoms with Crippen LogP contribution in [-0.2, 0) is 6.54 Å². The highest BCUT2D eigenvalue weighted by atomic mass is 32.1. The van der Waals surface area contributed by atoms with Gasteiger partial charge in [0.25, 0.3) is 11.4 Å². The number of nitrogens with zero attached hydrogens (tertiary/aromatic N) is 4. The van der Waals surface area contributed by atoms with E-state index < -0.39 is 0 Å². The molecule has 4 aromatic heterocycles. The third kappa shape index (κ3) is 3.20. The molecule has 6 nitrogen and oxygen atoms in total. The molecule has 0 aliphatic heterocycles. The van der Waals surface area contributed by atoms with Crippen LogP contribution in [0.2, 0.25) is 0 Å². The SMILES string of the molecule is Cc1ccc(-c2csc3ncn(Cc4noc(-c5cccs5)n4)c(=O)c23)cc1C. The maximum atomic E-state index is 13.2. The second kappa shape index (κ2) is 7.06. The maximum Gasteiger partial charge on any atom is 0.268 e. The molecular weight excluding hydrogens is 404 g/mol. The van der Waals surface area contributed by atoms with Crippen molar-refractivity contribution in [3.05, 3.63) is 74.7 Å². The topological polar surface area (TPSA) is 73.8 Å². The van der Waals surface area contributed by atoms with Crippen LogP contribution in [0.3, 0.4) is 0 Å². The van der Waals surface area contributed by atoms with E-state index in [2.05, 4.69) is 41.1 Å². The van der Waals surface area contributed by atoms with Crippen molar-refractivity contribution in [3.8, 4) is 21.9 Å². The average molecular weight is 421 g/mol. The molecule has 29 heavy (non-hydrogen) atoms. The van der Waals surface area contributed by atoms with E-state index in [-0.39, 0.29) is 12.1 Å². The van der Waals surface area contributed by atoms with Gasteiger partial charge in [0.05, 0.1) is 23.1 Å². The number of hydrogen-bond acceptors (Lipinski definition) is 7. The van der Waals surface area contributed by atoms with E-state index in [4.69, 9.17) is 4.52 Å². The van der Waals surface area contributed by atoms with Crippen LogP contribution in [0.25, 0.3) is 32.1 Å². The minimum atomic E-state index is -0.105. The van der Waals surface area contributed by atoms with Crippen LogP contribution >= 0.6 is 22.7 Å². The summed E-state index contributed by atoms with van der Waals surface area (Å²) >= 11 is 3.01. The van der Waals surface area contributed by atoms with Crippen LogP contribution in [0.5, 0.6) is 0 Å². The van der Waals surface area contributed by atoms with Gasteiger partial charge in [0, 0.05) is 10.9 Å². The van der Waals surface area contributed by atoms with Crippen molar-refractivity contribution >= 4 is 32.9 Å². The normalized spacial score (nSPS) is 11.4. The molecule has 0 unspecified atom stereocenters. The summed E-state index contributed by atoms with van der Waals surface area (Å²) in [5.74, 6) is 0.906. The standard InChI is InChI=1S/C21H16N4O2S2/c1-12-5-6-14(8-13(12)2)15-10-29-20-18(15)21(26)25(11-22-20)9-17-23-19(27-24-17)16-4-3-7-28-16/h3-8,10-11H,9H2,1-2H3. The van der Waals surface area contributed by atoms with Crippen molar-refractivity contribution < 1.29 is 4.52 Å². The summed E-state index contributed by atoms with van der Waals surface area (Å²) in [6.07, 6.45) is 1.55. The van der Waals surface area contributed by atoms with Gasteiger partial charge in [0.2, 0.25) is 0 Å². The fraction of sp³-hybridized carbons (Fsp3) is 0.143. The lowest BCUT2D eigenvalue weighted by Crippen LogP contribution is -2.21. The molecule has 0 aliphatic rings. The van der Waals surface area contributed by atoms with Gasteiger partial charge in [-0.1, -0.05) is 29.4 Å². The van der Waals surface area contributed by atoms with Gasteiger partial charge in [-0.3, -0.25) is 9.36 Å². The monoisotopic (exact) mass is 420 g/mol. The molecular formula is C21H16N4O2S2. The van der Waals surface area contributed by atoms with Crippen LogP contribution in [0, 0.1) is 13.8 Å². The number of hydrogen-bond donors (Lipinski definition) is 0. The fourth-order valence-electron chi connectivity index (χ4n) is 3.17. The van der Waals surface area contributed by atoms with Crippen molar-refractivity contribution in [2.75, 3.05) is 0 Å². The second-order valence-corrected chi connectivity index (χ2v) is 8.61. The highest BCUT2D eigenvalue weighted by Crippen LogP contribution is 2.31. The van der Waals surface area contributed by atoms with E-state index in [1.807, 2.05) is 29.0 Å². The van der Waals surface area contributed by atoms with E-state index in [1.165, 1.54) is 38.4 Å². The van der Waals surface area contributed by atoms with Gasteiger partial charge in [0.15, 0.2) is 5.82 Å². The Balaban J connectivity index is 1.55. The molecule has 0 radical (unpaired) electrons. The average Bonchev–Trinajstić information content (AvgIpc) is 3.46. The largest absolute Gasteiger partial charge is 0.333 e. The first kappa shape index (κ1) is 18.0. The van der Waals surface area contributed by atoms with E-state index in [1.54, 1.807) is 6.33 Å². The van der Waals surface area contributed by atoms with Gasteiger partial charge in [0.1, 0.15) is 4.83 Å². The summed E-state index contributed by atoms with van der Waals surface area (Å²) < 4.78 is 6.86. The van der Waals surface area contributed by atoms with Crippen LogP contribution in [-0.4, -0.2) is 19.7 Å². The van der Waals surface area contributed by atoms with Crippen molar-refractivity contribution in [1.82, 2.24) is 19.7 Å². The summed E-state index contributed by atoms with van der Waals surface area (Å²) in [5, 5.41) is 8.59. The summed E-state index contributed by atoms with van der Waals surface area (Å²) in [4.78, 5) is 23.7. The molecule has 1 aromatic carbocycles. The lowest BCUT2D eigenvalue weighted by atomic mass is 10.0. The van der Waals surface area contributed by atoms with E-state index >= 15 is 0 Å². The number of thiophene rings is 2. The summed E-state index contributed by atoms with van der Waals surface area (Å²) in [6.45, 7) is 4.36. The predicted octanol–water partition coefficient (Wildman–Crippen LogP) is 4.90. The Bertz CT molecular complexity index is 1380. The zero-order valence-electron chi connectivity index (χ0n) is 15.7. The Labute approximate surface area is 174 Å². The Morgan fingerprint density at radius 1 is 1.14 bits per heavy atom. The van der Waals surface area contributed by atoms with Crippen molar-refractivity contribution in [1.29, 1.82) is 0 Å². The molecule has 0 atom stereocenters. The lowest BCUT2D eigenvalue weighted by molar-refractivity contribution is 0.421. The first-order chi connectivity index (χ1) is 14.1. The Morgan fingerprint density at radius 2 is 2.03 bits per heavy atom. The Morgan fingerprint density at radius 3 is 2.83 bits per heavy atom. The molecule has 0 fully saturated rings. The molecule has 5 aromatic rings. The summed E-state index contributed by atoms with van der Waals surface area (Å²) in [6, 6.07) is 10.1. The molecule has 0 saturated carbocycles. The van der Waals surface area contributed by atoms with Crippen molar-refractivity contribution in [3.63, 3.8) is 0 Å². The van der Waals surface area contributed by atoms with Crippen LogP contribution < -0.4 is 5.56 Å². The zero-order chi connectivity index (χ0) is 20.0. The molecule has 0 saturated heterocycles. The molecule has 8 heteroatoms. The molecule has 0 N–H and O–H groups in total. The first-order valence-electron chi connectivity index (χ1n) is 9.01. The van der Waals surface area contributed by atoms with Crippen LogP contribution in [0.1, 0.15) is 17.0 Å². The number of fused-ring (bicyclic) bond motifs is 1. The molecule has 0 bridgehead atoms. The predicted molar refractivity (Wildman–Crippen MR) is 116 cm³/mol. The lowest BCUT2D eigenvalue weighted by Gasteiger charge is -2.06. The van der Waals surface area contributed by atoms with E-state index in [0.29, 0.717) is 17.1 Å². The first-order valence-corrected chi connectivity index (χ1v) is 10.8. The van der Waals surface area contributed by atoms with Crippen molar-refractivity contribution in [2.45, 2.75) is 20.4 Å². The zero-order valence-corrected chi connectivity index (χ0v) is 17.4. The van der Waals surface area contributed by atoms with Gasteiger partial charge in [-0.25, -0.2) is 4.98 Å². The number of rotatable bonds is 4. The quantitative estimate of drug-likeness (QED) is 0.413. The minimum Gasteiger partial charge on any atom is -0.333 e. The van der Waals surface area contributed by atoms with Gasteiger partial charge in [-0.2, -0.15) is 4.98 Å². The van der Waals surface area contributed by atoms with Gasteiger partial charge >= 0.3 is 0 Å².